The third-order valence-corrected chi connectivity index (χ3v) is 6.71. The summed E-state index contributed by atoms with van der Waals surface area (Å²) in [5.74, 6) is 0.364. The molecule has 5 nitrogen and oxygen atoms in total. The van der Waals surface area contributed by atoms with E-state index in [1.807, 2.05) is 18.2 Å². The minimum absolute atomic E-state index is 0. The maximum atomic E-state index is 12.8. The number of thiophene rings is 1. The highest BCUT2D eigenvalue weighted by Gasteiger charge is 2.29. The molecule has 0 bridgehead atoms. The Hall–Kier alpha value is -1.54. The molecule has 0 radical (unpaired) electrons. The molecule has 0 spiro atoms. The number of anilines is 1. The predicted octanol–water partition coefficient (Wildman–Crippen LogP) is 5.09. The third kappa shape index (κ3) is 5.54. The highest BCUT2D eigenvalue weighted by Crippen LogP contribution is 2.38. The van der Waals surface area contributed by atoms with Gasteiger partial charge < -0.3 is 10.1 Å². The molecule has 8 heteroatoms. The van der Waals surface area contributed by atoms with Gasteiger partial charge in [-0.05, 0) is 48.9 Å². The van der Waals surface area contributed by atoms with Crippen LogP contribution < -0.4 is 5.32 Å². The van der Waals surface area contributed by atoms with Crippen molar-refractivity contribution in [3.05, 3.63) is 45.8 Å². The fourth-order valence-electron chi connectivity index (χ4n) is 3.44. The van der Waals surface area contributed by atoms with Crippen LogP contribution in [0.2, 0.25) is 0 Å². The van der Waals surface area contributed by atoms with Crippen LogP contribution in [0.4, 0.5) is 5.00 Å². The van der Waals surface area contributed by atoms with Crippen LogP contribution in [-0.4, -0.2) is 42.7 Å². The summed E-state index contributed by atoms with van der Waals surface area (Å²) in [6.07, 6.45) is 1.90. The second-order valence-electron chi connectivity index (χ2n) is 6.64. The van der Waals surface area contributed by atoms with Crippen molar-refractivity contribution in [1.29, 1.82) is 0 Å². The summed E-state index contributed by atoms with van der Waals surface area (Å²) in [6, 6.07) is 7.56. The summed E-state index contributed by atoms with van der Waals surface area (Å²) in [5.41, 5.74) is 2.13. The Kier molecular flexibility index (Phi) is 9.02. The van der Waals surface area contributed by atoms with Crippen LogP contribution in [0.15, 0.2) is 29.2 Å². The van der Waals surface area contributed by atoms with E-state index in [1.54, 1.807) is 17.8 Å². The van der Waals surface area contributed by atoms with Crippen molar-refractivity contribution in [3.63, 3.8) is 0 Å². The molecule has 1 aliphatic heterocycles. The number of thioether (sulfide) groups is 1. The molecule has 29 heavy (non-hydrogen) atoms. The lowest BCUT2D eigenvalue weighted by atomic mass is 10.0. The molecule has 158 valence electrons. The maximum absolute atomic E-state index is 12.8. The second kappa shape index (κ2) is 11.0. The minimum Gasteiger partial charge on any atom is -0.465 e. The Morgan fingerprint density at radius 3 is 2.79 bits per heavy atom. The third-order valence-electron chi connectivity index (χ3n) is 4.70. The molecule has 1 amide bonds. The molecule has 1 N–H and O–H groups in total. The lowest BCUT2D eigenvalue weighted by Crippen LogP contribution is -2.30. The van der Waals surface area contributed by atoms with Crippen LogP contribution in [0.3, 0.4) is 0 Å². The fraction of sp³-hybridized carbons (Fsp3) is 0.429. The number of fused-ring (bicyclic) bond motifs is 1. The van der Waals surface area contributed by atoms with Crippen LogP contribution >= 0.6 is 35.5 Å². The maximum Gasteiger partial charge on any atom is 0.341 e. The number of carbonyl (C=O) groups excluding carboxylic acids is 2. The molecule has 3 rings (SSSR count). The van der Waals surface area contributed by atoms with Gasteiger partial charge in [0.1, 0.15) is 5.00 Å². The molecule has 2 heterocycles. The summed E-state index contributed by atoms with van der Waals surface area (Å²) >= 11 is 3.19. The van der Waals surface area contributed by atoms with Gasteiger partial charge in [-0.1, -0.05) is 19.9 Å². The van der Waals surface area contributed by atoms with Gasteiger partial charge in [-0.15, -0.1) is 35.5 Å². The first-order valence-corrected chi connectivity index (χ1v) is 11.4. The standard InChI is InChI=1S/C21H26N2O3S2.ClH/c1-4-10-23-11-9-16-17(13-23)28-20(18(16)21(25)26-3)22-19(24)14-7-6-8-15(12-14)27-5-2;/h6-8,12H,4-5,9-11,13H2,1-3H3,(H,22,24);1H. The molecule has 0 atom stereocenters. The Bertz CT molecular complexity index is 870. The van der Waals surface area contributed by atoms with E-state index in [9.17, 15) is 9.59 Å². The second-order valence-corrected chi connectivity index (χ2v) is 9.08. The summed E-state index contributed by atoms with van der Waals surface area (Å²) in [7, 11) is 1.38. The highest BCUT2D eigenvalue weighted by molar-refractivity contribution is 7.99. The summed E-state index contributed by atoms with van der Waals surface area (Å²) in [5, 5.41) is 3.56. The number of benzene rings is 1. The molecule has 1 aromatic carbocycles. The number of carbonyl (C=O) groups is 2. The number of amides is 1. The Balaban J connectivity index is 0.00000300. The number of hydrogen-bond donors (Lipinski definition) is 1. The number of nitrogens with zero attached hydrogens (tertiary/aromatic N) is 1. The zero-order valence-corrected chi connectivity index (χ0v) is 19.4. The van der Waals surface area contributed by atoms with Crippen LogP contribution in [-0.2, 0) is 17.7 Å². The van der Waals surface area contributed by atoms with Gasteiger partial charge in [0.25, 0.3) is 5.91 Å². The van der Waals surface area contributed by atoms with Gasteiger partial charge in [0.05, 0.1) is 12.7 Å². The average Bonchev–Trinajstić information content (AvgIpc) is 3.05. The molecular formula is C21H27ClN2O3S2. The summed E-state index contributed by atoms with van der Waals surface area (Å²) < 4.78 is 5.01. The van der Waals surface area contributed by atoms with E-state index in [0.717, 1.165) is 53.6 Å². The number of methoxy groups -OCH3 is 1. The molecule has 0 saturated heterocycles. The first kappa shape index (κ1) is 23.7. The zero-order valence-electron chi connectivity index (χ0n) is 16.9. The number of esters is 1. The van der Waals surface area contributed by atoms with E-state index in [4.69, 9.17) is 4.74 Å². The fourth-order valence-corrected chi connectivity index (χ4v) is 5.43. The molecular weight excluding hydrogens is 428 g/mol. The van der Waals surface area contributed by atoms with Gasteiger partial charge in [0, 0.05) is 28.4 Å². The highest BCUT2D eigenvalue weighted by atomic mass is 35.5. The van der Waals surface area contributed by atoms with Crippen molar-refractivity contribution >= 4 is 52.4 Å². The van der Waals surface area contributed by atoms with E-state index in [-0.39, 0.29) is 24.3 Å². The van der Waals surface area contributed by atoms with Crippen LogP contribution in [0, 0.1) is 0 Å². The van der Waals surface area contributed by atoms with E-state index in [1.165, 1.54) is 18.4 Å². The Morgan fingerprint density at radius 2 is 2.10 bits per heavy atom. The first-order valence-electron chi connectivity index (χ1n) is 9.56. The number of hydrogen-bond acceptors (Lipinski definition) is 6. The lowest BCUT2D eigenvalue weighted by molar-refractivity contribution is 0.0600. The first-order chi connectivity index (χ1) is 13.6. The van der Waals surface area contributed by atoms with Gasteiger partial charge in [-0.3, -0.25) is 9.69 Å². The normalized spacial score (nSPS) is 13.3. The topological polar surface area (TPSA) is 58.6 Å². The molecule has 0 fully saturated rings. The van der Waals surface area contributed by atoms with Crippen molar-refractivity contribution in [1.82, 2.24) is 4.90 Å². The minimum atomic E-state index is -0.382. The SMILES string of the molecule is CCCN1CCc2c(sc(NC(=O)c3cccc(SCC)c3)c2C(=O)OC)C1.Cl. The smallest absolute Gasteiger partial charge is 0.341 e. The molecule has 1 aliphatic rings. The lowest BCUT2D eigenvalue weighted by Gasteiger charge is -2.26. The van der Waals surface area contributed by atoms with Crippen LogP contribution in [0.25, 0.3) is 0 Å². The number of halogens is 1. The van der Waals surface area contributed by atoms with Crippen molar-refractivity contribution in [3.8, 4) is 0 Å². The van der Waals surface area contributed by atoms with E-state index in [2.05, 4.69) is 24.1 Å². The van der Waals surface area contributed by atoms with Gasteiger partial charge in [0.2, 0.25) is 0 Å². The van der Waals surface area contributed by atoms with Crippen LogP contribution in [0.5, 0.6) is 0 Å². The number of rotatable bonds is 7. The molecule has 2 aromatic rings. The predicted molar refractivity (Wildman–Crippen MR) is 123 cm³/mol. The Morgan fingerprint density at radius 1 is 1.31 bits per heavy atom. The van der Waals surface area contributed by atoms with E-state index in [0.29, 0.717) is 16.1 Å². The quantitative estimate of drug-likeness (QED) is 0.466. The van der Waals surface area contributed by atoms with Crippen LogP contribution in [0.1, 0.15) is 51.4 Å². The van der Waals surface area contributed by atoms with Gasteiger partial charge in [-0.25, -0.2) is 4.79 Å². The van der Waals surface area contributed by atoms with E-state index < -0.39 is 0 Å². The Labute approximate surface area is 186 Å². The van der Waals surface area contributed by atoms with Crippen molar-refractivity contribution in [2.75, 3.05) is 31.3 Å². The van der Waals surface area contributed by atoms with Gasteiger partial charge in [-0.2, -0.15) is 0 Å². The largest absolute Gasteiger partial charge is 0.465 e. The molecule has 1 aromatic heterocycles. The number of ether oxygens (including phenoxy) is 1. The van der Waals surface area contributed by atoms with Crippen molar-refractivity contribution in [2.45, 2.75) is 38.1 Å². The average molecular weight is 455 g/mol. The summed E-state index contributed by atoms with van der Waals surface area (Å²) in [4.78, 5) is 29.9. The van der Waals surface area contributed by atoms with E-state index >= 15 is 0 Å². The molecule has 0 aliphatic carbocycles. The van der Waals surface area contributed by atoms with Gasteiger partial charge in [0.15, 0.2) is 0 Å². The zero-order chi connectivity index (χ0) is 20.1. The summed E-state index contributed by atoms with van der Waals surface area (Å²) in [6.45, 7) is 7.02. The van der Waals surface area contributed by atoms with Crippen molar-refractivity contribution in [2.24, 2.45) is 0 Å². The van der Waals surface area contributed by atoms with Gasteiger partial charge >= 0.3 is 5.97 Å². The molecule has 0 unspecified atom stereocenters. The molecule has 0 saturated carbocycles. The number of nitrogens with one attached hydrogen (secondary N) is 1. The monoisotopic (exact) mass is 454 g/mol. The van der Waals surface area contributed by atoms with Crippen molar-refractivity contribution < 1.29 is 14.3 Å².